The Morgan fingerprint density at radius 3 is 2.53 bits per heavy atom. The van der Waals surface area contributed by atoms with Gasteiger partial charge in [0.15, 0.2) is 0 Å². The molecular weight excluding hydrogens is 214 g/mol. The molecule has 0 aromatic heterocycles. The van der Waals surface area contributed by atoms with E-state index in [9.17, 15) is 4.79 Å². The average molecular weight is 222 g/mol. The number of hydrogen-bond donors (Lipinski definition) is 0. The van der Waals surface area contributed by atoms with Gasteiger partial charge < -0.3 is 4.74 Å². The van der Waals surface area contributed by atoms with Crippen LogP contribution in [0.2, 0.25) is 5.02 Å². The third kappa shape index (κ3) is 1.92. The molecule has 3 nitrogen and oxygen atoms in total. The molecule has 2 rings (SSSR count). The largest absolute Gasteiger partial charge is 0.402 e. The summed E-state index contributed by atoms with van der Waals surface area (Å²) in [5, 5.41) is 0.634. The maximum atomic E-state index is 11.2. The van der Waals surface area contributed by atoms with Gasteiger partial charge in [-0.25, -0.2) is 9.79 Å². The number of ether oxygens (including phenoxy) is 1. The fraction of sp³-hybridized carbons (Fsp3) is 0.0909. The third-order valence-electron chi connectivity index (χ3n) is 1.99. The van der Waals surface area contributed by atoms with E-state index in [-0.39, 0.29) is 0 Å². The lowest BCUT2D eigenvalue weighted by Gasteiger charge is -1.98. The molecule has 0 bridgehead atoms. The van der Waals surface area contributed by atoms with Gasteiger partial charge in [0.05, 0.1) is 0 Å². The molecule has 0 spiro atoms. The zero-order valence-corrected chi connectivity index (χ0v) is 8.78. The minimum atomic E-state index is -0.414. The second-order valence-corrected chi connectivity index (χ2v) is 3.42. The van der Waals surface area contributed by atoms with Gasteiger partial charge in [-0.15, -0.1) is 0 Å². The molecule has 4 heteroatoms. The standard InChI is InChI=1S/C11H8ClNO2/c1-2-9-11(14)15-10(13-9)7-3-5-8(12)6-4-7/h2-6H,1H3/b9-2+. The number of carbonyl (C=O) groups excluding carboxylic acids is 1. The number of allylic oxidation sites excluding steroid dienone is 1. The van der Waals surface area contributed by atoms with Gasteiger partial charge in [-0.1, -0.05) is 17.7 Å². The van der Waals surface area contributed by atoms with Gasteiger partial charge >= 0.3 is 5.97 Å². The summed E-state index contributed by atoms with van der Waals surface area (Å²) in [6.07, 6.45) is 1.62. The molecule has 0 radical (unpaired) electrons. The van der Waals surface area contributed by atoms with Crippen molar-refractivity contribution < 1.29 is 9.53 Å². The monoisotopic (exact) mass is 221 g/mol. The topological polar surface area (TPSA) is 38.7 Å². The van der Waals surface area contributed by atoms with Crippen LogP contribution in [-0.2, 0) is 9.53 Å². The van der Waals surface area contributed by atoms with E-state index in [1.165, 1.54) is 0 Å². The molecule has 0 saturated heterocycles. The van der Waals surface area contributed by atoms with Gasteiger partial charge in [-0.2, -0.15) is 0 Å². The van der Waals surface area contributed by atoms with E-state index in [4.69, 9.17) is 16.3 Å². The van der Waals surface area contributed by atoms with Crippen LogP contribution in [0.3, 0.4) is 0 Å². The highest BCUT2D eigenvalue weighted by Crippen LogP contribution is 2.17. The number of aliphatic imine (C=N–C) groups is 1. The minimum Gasteiger partial charge on any atom is -0.402 e. The molecule has 1 aliphatic heterocycles. The van der Waals surface area contributed by atoms with Gasteiger partial charge in [0, 0.05) is 10.6 Å². The highest BCUT2D eigenvalue weighted by atomic mass is 35.5. The number of cyclic esters (lactones) is 1. The van der Waals surface area contributed by atoms with Gasteiger partial charge in [0.2, 0.25) is 5.90 Å². The molecule has 0 saturated carbocycles. The molecule has 0 fully saturated rings. The molecule has 0 unspecified atom stereocenters. The van der Waals surface area contributed by atoms with Gasteiger partial charge in [-0.3, -0.25) is 0 Å². The average Bonchev–Trinajstić information content (AvgIpc) is 2.61. The number of nitrogens with zero attached hydrogens (tertiary/aromatic N) is 1. The number of carbonyl (C=O) groups is 1. The highest BCUT2D eigenvalue weighted by molar-refractivity contribution is 6.30. The first-order valence-electron chi connectivity index (χ1n) is 4.44. The highest BCUT2D eigenvalue weighted by Gasteiger charge is 2.22. The van der Waals surface area contributed by atoms with Crippen molar-refractivity contribution in [1.29, 1.82) is 0 Å². The molecule has 1 aromatic carbocycles. The van der Waals surface area contributed by atoms with Gasteiger partial charge in [0.25, 0.3) is 0 Å². The summed E-state index contributed by atoms with van der Waals surface area (Å²) in [5.41, 5.74) is 1.07. The maximum absolute atomic E-state index is 11.2. The third-order valence-corrected chi connectivity index (χ3v) is 2.24. The van der Waals surface area contributed by atoms with Crippen LogP contribution in [-0.4, -0.2) is 11.9 Å². The SMILES string of the molecule is C/C=C1/N=C(c2ccc(Cl)cc2)OC1=O. The Bertz CT molecular complexity index is 460. The van der Waals surface area contributed by atoms with E-state index in [2.05, 4.69) is 4.99 Å². The fourth-order valence-electron chi connectivity index (χ4n) is 1.22. The van der Waals surface area contributed by atoms with E-state index in [0.717, 1.165) is 5.56 Å². The van der Waals surface area contributed by atoms with E-state index >= 15 is 0 Å². The van der Waals surface area contributed by atoms with Crippen molar-refractivity contribution in [3.8, 4) is 0 Å². The summed E-state index contributed by atoms with van der Waals surface area (Å²) < 4.78 is 4.99. The Morgan fingerprint density at radius 2 is 2.00 bits per heavy atom. The van der Waals surface area contributed by atoms with Crippen LogP contribution in [0.25, 0.3) is 0 Å². The van der Waals surface area contributed by atoms with Crippen LogP contribution in [0.1, 0.15) is 12.5 Å². The quantitative estimate of drug-likeness (QED) is 0.540. The first-order chi connectivity index (χ1) is 7.20. The summed E-state index contributed by atoms with van der Waals surface area (Å²) in [6.45, 7) is 1.74. The molecule has 0 amide bonds. The zero-order chi connectivity index (χ0) is 10.8. The number of halogens is 1. The Hall–Kier alpha value is -1.61. The normalized spacial score (nSPS) is 17.9. The zero-order valence-electron chi connectivity index (χ0n) is 8.03. The molecule has 0 aliphatic carbocycles. The van der Waals surface area contributed by atoms with E-state index in [1.54, 1.807) is 37.3 Å². The lowest BCUT2D eigenvalue weighted by molar-refractivity contribution is -0.130. The van der Waals surface area contributed by atoms with Crippen molar-refractivity contribution in [2.24, 2.45) is 4.99 Å². The molecule has 76 valence electrons. The van der Waals surface area contributed by atoms with Crippen LogP contribution in [0.4, 0.5) is 0 Å². The number of hydrogen-bond acceptors (Lipinski definition) is 3. The molecule has 1 heterocycles. The summed E-state index contributed by atoms with van der Waals surface area (Å²) >= 11 is 5.74. The smallest absolute Gasteiger partial charge is 0.363 e. The van der Waals surface area contributed by atoms with E-state index in [0.29, 0.717) is 16.6 Å². The summed E-state index contributed by atoms with van der Waals surface area (Å²) in [5.74, 6) is -0.0905. The Labute approximate surface area is 92.0 Å². The van der Waals surface area contributed by atoms with Crippen molar-refractivity contribution in [2.45, 2.75) is 6.92 Å². The first-order valence-corrected chi connectivity index (χ1v) is 4.81. The van der Waals surface area contributed by atoms with Crippen LogP contribution in [0.15, 0.2) is 41.0 Å². The predicted molar refractivity (Wildman–Crippen MR) is 57.8 cm³/mol. The lowest BCUT2D eigenvalue weighted by atomic mass is 10.2. The second-order valence-electron chi connectivity index (χ2n) is 2.99. The first kappa shape index (κ1) is 9.93. The minimum absolute atomic E-state index is 0.324. The van der Waals surface area contributed by atoms with Crippen LogP contribution in [0.5, 0.6) is 0 Å². The fourth-order valence-corrected chi connectivity index (χ4v) is 1.34. The molecular formula is C11H8ClNO2. The summed E-state index contributed by atoms with van der Waals surface area (Å²) in [6, 6.07) is 6.96. The maximum Gasteiger partial charge on any atom is 0.363 e. The van der Waals surface area contributed by atoms with Crippen LogP contribution >= 0.6 is 11.6 Å². The lowest BCUT2D eigenvalue weighted by Crippen LogP contribution is -2.04. The molecule has 0 N–H and O–H groups in total. The van der Waals surface area contributed by atoms with E-state index < -0.39 is 5.97 Å². The predicted octanol–water partition coefficient (Wildman–Crippen LogP) is 2.55. The Morgan fingerprint density at radius 1 is 1.33 bits per heavy atom. The number of esters is 1. The molecule has 0 atom stereocenters. The number of rotatable bonds is 1. The van der Waals surface area contributed by atoms with E-state index in [1.807, 2.05) is 0 Å². The molecule has 1 aromatic rings. The summed E-state index contributed by atoms with van der Waals surface area (Å²) in [4.78, 5) is 15.3. The summed E-state index contributed by atoms with van der Waals surface area (Å²) in [7, 11) is 0. The van der Waals surface area contributed by atoms with Crippen molar-refractivity contribution in [3.63, 3.8) is 0 Å². The van der Waals surface area contributed by atoms with Crippen molar-refractivity contribution >= 4 is 23.5 Å². The molecule has 1 aliphatic rings. The number of benzene rings is 1. The van der Waals surface area contributed by atoms with Gasteiger partial charge in [-0.05, 0) is 31.2 Å². The Kier molecular flexibility index (Phi) is 2.56. The van der Waals surface area contributed by atoms with Gasteiger partial charge in [0.1, 0.15) is 5.70 Å². The molecule has 15 heavy (non-hydrogen) atoms. The van der Waals surface area contributed by atoms with Crippen molar-refractivity contribution in [2.75, 3.05) is 0 Å². The Balaban J connectivity index is 2.34. The van der Waals surface area contributed by atoms with Crippen molar-refractivity contribution in [3.05, 3.63) is 46.6 Å². The second kappa shape index (κ2) is 3.87. The van der Waals surface area contributed by atoms with Crippen LogP contribution in [0, 0.1) is 0 Å². The van der Waals surface area contributed by atoms with Crippen molar-refractivity contribution in [1.82, 2.24) is 0 Å². The van der Waals surface area contributed by atoms with Crippen LogP contribution < -0.4 is 0 Å².